The lowest BCUT2D eigenvalue weighted by Crippen LogP contribution is -1.95. The Morgan fingerprint density at radius 3 is 2.58 bits per heavy atom. The molecule has 1 N–H and O–H groups in total. The molecule has 0 aromatic carbocycles. The zero-order valence-corrected chi connectivity index (χ0v) is 11.5. The van der Waals surface area contributed by atoms with E-state index in [2.05, 4.69) is 19.1 Å². The van der Waals surface area contributed by atoms with Gasteiger partial charge in [0.25, 0.3) is 0 Å². The molecule has 0 aromatic heterocycles. The van der Waals surface area contributed by atoms with E-state index in [1.807, 2.05) is 12.2 Å². The van der Waals surface area contributed by atoms with Gasteiger partial charge in [0.2, 0.25) is 0 Å². The van der Waals surface area contributed by atoms with Crippen molar-refractivity contribution in [2.75, 3.05) is 0 Å². The molecule has 0 unspecified atom stereocenters. The number of Topliss-reactive ketones (excluding diaryl/α,β-unsaturated/α-hetero) is 1. The van der Waals surface area contributed by atoms with Gasteiger partial charge in [-0.25, -0.2) is 0 Å². The maximum absolute atomic E-state index is 11.8. The Hall–Kier alpha value is -1.64. The number of carboxylic acid groups (broad SMARTS) is 1. The second-order valence-corrected chi connectivity index (χ2v) is 4.70. The number of rotatable bonds is 8. The predicted molar refractivity (Wildman–Crippen MR) is 75.9 cm³/mol. The number of aliphatic carboxylic acids is 1. The zero-order valence-electron chi connectivity index (χ0n) is 11.5. The third kappa shape index (κ3) is 5.69. The summed E-state index contributed by atoms with van der Waals surface area (Å²) in [4.78, 5) is 22.1. The molecule has 19 heavy (non-hydrogen) atoms. The van der Waals surface area contributed by atoms with E-state index >= 15 is 0 Å². The van der Waals surface area contributed by atoms with Crippen molar-refractivity contribution in [3.05, 3.63) is 35.5 Å². The highest BCUT2D eigenvalue weighted by Crippen LogP contribution is 2.28. The van der Waals surface area contributed by atoms with Crippen molar-refractivity contribution < 1.29 is 14.7 Å². The van der Waals surface area contributed by atoms with E-state index in [1.54, 1.807) is 0 Å². The van der Waals surface area contributed by atoms with Crippen molar-refractivity contribution in [3.63, 3.8) is 0 Å². The van der Waals surface area contributed by atoms with Crippen LogP contribution in [-0.4, -0.2) is 16.9 Å². The van der Waals surface area contributed by atoms with Crippen LogP contribution in [0.15, 0.2) is 35.5 Å². The normalized spacial score (nSPS) is 16.2. The van der Waals surface area contributed by atoms with Gasteiger partial charge in [-0.15, -0.1) is 0 Å². The molecular weight excluding hydrogens is 240 g/mol. The standard InChI is InChI=1S/C16H22O3/c1-2-3-5-9-14-13(11-12-15(14)17)8-6-4-7-10-16(18)19/h3-6H,2,7-12H2,1H3,(H,18,19)/b5-3-,6-4-. The van der Waals surface area contributed by atoms with Gasteiger partial charge in [0.15, 0.2) is 5.78 Å². The van der Waals surface area contributed by atoms with Gasteiger partial charge in [0.1, 0.15) is 0 Å². The highest BCUT2D eigenvalue weighted by Gasteiger charge is 2.20. The summed E-state index contributed by atoms with van der Waals surface area (Å²) < 4.78 is 0. The van der Waals surface area contributed by atoms with Crippen molar-refractivity contribution in [2.24, 2.45) is 0 Å². The van der Waals surface area contributed by atoms with E-state index in [4.69, 9.17) is 5.11 Å². The molecule has 0 bridgehead atoms. The number of hydrogen-bond acceptors (Lipinski definition) is 2. The first-order valence-electron chi connectivity index (χ1n) is 6.91. The van der Waals surface area contributed by atoms with Gasteiger partial charge in [-0.05, 0) is 37.7 Å². The maximum atomic E-state index is 11.8. The molecule has 1 aliphatic carbocycles. The molecular formula is C16H22O3. The lowest BCUT2D eigenvalue weighted by atomic mass is 10.0. The summed E-state index contributed by atoms with van der Waals surface area (Å²) in [5, 5.41) is 8.53. The lowest BCUT2D eigenvalue weighted by molar-refractivity contribution is -0.136. The van der Waals surface area contributed by atoms with Gasteiger partial charge >= 0.3 is 5.97 Å². The van der Waals surface area contributed by atoms with E-state index in [9.17, 15) is 9.59 Å². The number of hydrogen-bond donors (Lipinski definition) is 1. The highest BCUT2D eigenvalue weighted by molar-refractivity contribution is 5.98. The fourth-order valence-corrected chi connectivity index (χ4v) is 2.16. The first-order chi connectivity index (χ1) is 9.15. The smallest absolute Gasteiger partial charge is 0.303 e. The number of ketones is 1. The van der Waals surface area contributed by atoms with E-state index in [-0.39, 0.29) is 12.2 Å². The van der Waals surface area contributed by atoms with E-state index in [0.29, 0.717) is 12.8 Å². The molecule has 0 saturated heterocycles. The van der Waals surface area contributed by atoms with Crippen molar-refractivity contribution in [3.8, 4) is 0 Å². The summed E-state index contributed by atoms with van der Waals surface area (Å²) in [7, 11) is 0. The van der Waals surface area contributed by atoms with Gasteiger partial charge in [-0.2, -0.15) is 0 Å². The molecule has 0 radical (unpaired) electrons. The van der Waals surface area contributed by atoms with Crippen LogP contribution in [0.5, 0.6) is 0 Å². The van der Waals surface area contributed by atoms with Gasteiger partial charge < -0.3 is 5.11 Å². The molecule has 0 aromatic rings. The molecule has 0 fully saturated rings. The summed E-state index contributed by atoms with van der Waals surface area (Å²) in [5.74, 6) is -0.500. The van der Waals surface area contributed by atoms with Gasteiger partial charge in [-0.3, -0.25) is 9.59 Å². The predicted octanol–water partition coefficient (Wildman–Crippen LogP) is 3.81. The third-order valence-electron chi connectivity index (χ3n) is 3.20. The van der Waals surface area contributed by atoms with E-state index in [1.165, 1.54) is 5.57 Å². The number of carboxylic acids is 1. The van der Waals surface area contributed by atoms with Crippen LogP contribution < -0.4 is 0 Å². The largest absolute Gasteiger partial charge is 0.481 e. The second-order valence-electron chi connectivity index (χ2n) is 4.70. The first-order valence-corrected chi connectivity index (χ1v) is 6.91. The molecule has 0 aliphatic heterocycles. The summed E-state index contributed by atoms with van der Waals surface area (Å²) in [6, 6.07) is 0. The summed E-state index contributed by atoms with van der Waals surface area (Å²) in [5.41, 5.74) is 2.19. The molecule has 3 nitrogen and oxygen atoms in total. The SMILES string of the molecule is CC/C=C\CC1=C(C/C=C\CCC(=O)O)CCC1=O. The van der Waals surface area contributed by atoms with Crippen LogP contribution in [0, 0.1) is 0 Å². The van der Waals surface area contributed by atoms with Crippen LogP contribution >= 0.6 is 0 Å². The van der Waals surface area contributed by atoms with Crippen molar-refractivity contribution in [1.29, 1.82) is 0 Å². The van der Waals surface area contributed by atoms with Crippen LogP contribution in [0.4, 0.5) is 0 Å². The van der Waals surface area contributed by atoms with Crippen LogP contribution in [-0.2, 0) is 9.59 Å². The lowest BCUT2D eigenvalue weighted by Gasteiger charge is -2.01. The molecule has 1 rings (SSSR count). The summed E-state index contributed by atoms with van der Waals surface area (Å²) in [6.07, 6.45) is 12.8. The number of allylic oxidation sites excluding steroid dienone is 6. The Bertz CT molecular complexity index is 414. The minimum Gasteiger partial charge on any atom is -0.481 e. The van der Waals surface area contributed by atoms with Gasteiger partial charge in [0.05, 0.1) is 0 Å². The Kier molecular flexibility index (Phi) is 6.86. The molecule has 0 spiro atoms. The molecule has 0 atom stereocenters. The van der Waals surface area contributed by atoms with Crippen LogP contribution in [0.2, 0.25) is 0 Å². The van der Waals surface area contributed by atoms with E-state index < -0.39 is 5.97 Å². The quantitative estimate of drug-likeness (QED) is 0.677. The Morgan fingerprint density at radius 1 is 1.16 bits per heavy atom. The number of carbonyl (C=O) groups is 2. The highest BCUT2D eigenvalue weighted by atomic mass is 16.4. The average molecular weight is 262 g/mol. The van der Waals surface area contributed by atoms with Crippen LogP contribution in [0.25, 0.3) is 0 Å². The fourth-order valence-electron chi connectivity index (χ4n) is 2.16. The zero-order chi connectivity index (χ0) is 14.1. The van der Waals surface area contributed by atoms with Crippen molar-refractivity contribution in [1.82, 2.24) is 0 Å². The van der Waals surface area contributed by atoms with Crippen LogP contribution in [0.3, 0.4) is 0 Å². The minimum atomic E-state index is -0.773. The second kappa shape index (κ2) is 8.46. The Balaban J connectivity index is 2.50. The van der Waals surface area contributed by atoms with E-state index in [0.717, 1.165) is 31.3 Å². The molecule has 1 aliphatic rings. The first kappa shape index (κ1) is 15.4. The molecule has 3 heteroatoms. The Morgan fingerprint density at radius 2 is 1.89 bits per heavy atom. The minimum absolute atomic E-state index is 0.167. The monoisotopic (exact) mass is 262 g/mol. The summed E-state index contributed by atoms with van der Waals surface area (Å²) in [6.45, 7) is 2.08. The fraction of sp³-hybridized carbons (Fsp3) is 0.500. The summed E-state index contributed by atoms with van der Waals surface area (Å²) >= 11 is 0. The third-order valence-corrected chi connectivity index (χ3v) is 3.20. The molecule has 0 saturated carbocycles. The van der Waals surface area contributed by atoms with Crippen molar-refractivity contribution in [2.45, 2.75) is 51.9 Å². The van der Waals surface area contributed by atoms with Gasteiger partial charge in [0, 0.05) is 12.8 Å². The van der Waals surface area contributed by atoms with Gasteiger partial charge in [-0.1, -0.05) is 36.8 Å². The van der Waals surface area contributed by atoms with Crippen LogP contribution in [0.1, 0.15) is 51.9 Å². The molecule has 0 amide bonds. The molecule has 104 valence electrons. The average Bonchev–Trinajstić information content (AvgIpc) is 2.71. The van der Waals surface area contributed by atoms with Crippen molar-refractivity contribution >= 4 is 11.8 Å². The molecule has 0 heterocycles. The maximum Gasteiger partial charge on any atom is 0.303 e. The Labute approximate surface area is 114 Å². The topological polar surface area (TPSA) is 54.4 Å². The number of carbonyl (C=O) groups excluding carboxylic acids is 1.